The van der Waals surface area contributed by atoms with Gasteiger partial charge in [0.1, 0.15) is 5.75 Å². The average molecular weight is 253 g/mol. The lowest BCUT2D eigenvalue weighted by Crippen LogP contribution is -2.06. The maximum atomic E-state index is 5.95. The summed E-state index contributed by atoms with van der Waals surface area (Å²) in [6.07, 6.45) is 8.37. The molecule has 1 aromatic carbocycles. The van der Waals surface area contributed by atoms with Crippen molar-refractivity contribution in [1.29, 1.82) is 0 Å². The standard InChI is InChI=1S/C17H19NO/c1-2-8-14(9-3-1)15-10-4-5-11-16(15)19-17-12-6-7-13-18-17/h4-7,10-14H,1-3,8-9H2. The lowest BCUT2D eigenvalue weighted by Gasteiger charge is -2.23. The van der Waals surface area contributed by atoms with Gasteiger partial charge in [0.2, 0.25) is 5.88 Å². The first-order valence-electron chi connectivity index (χ1n) is 7.11. The summed E-state index contributed by atoms with van der Waals surface area (Å²) in [7, 11) is 0. The fourth-order valence-corrected chi connectivity index (χ4v) is 2.84. The molecule has 0 radical (unpaired) electrons. The highest BCUT2D eigenvalue weighted by Gasteiger charge is 2.19. The molecule has 0 amide bonds. The molecule has 2 nitrogen and oxygen atoms in total. The molecule has 0 spiro atoms. The first kappa shape index (κ1) is 12.2. The SMILES string of the molecule is c1ccc(Oc2ccccc2C2CCCCC2)nc1. The van der Waals surface area contributed by atoms with Crippen molar-refractivity contribution < 1.29 is 4.74 Å². The Morgan fingerprint density at radius 3 is 2.47 bits per heavy atom. The minimum absolute atomic E-state index is 0.647. The zero-order valence-electron chi connectivity index (χ0n) is 11.1. The monoisotopic (exact) mass is 253 g/mol. The number of nitrogens with zero attached hydrogens (tertiary/aromatic N) is 1. The van der Waals surface area contributed by atoms with Crippen molar-refractivity contribution in [2.24, 2.45) is 0 Å². The van der Waals surface area contributed by atoms with Crippen molar-refractivity contribution in [3.63, 3.8) is 0 Å². The van der Waals surface area contributed by atoms with Crippen molar-refractivity contribution >= 4 is 0 Å². The molecule has 1 heterocycles. The first-order valence-corrected chi connectivity index (χ1v) is 7.11. The van der Waals surface area contributed by atoms with Crippen LogP contribution in [0.4, 0.5) is 0 Å². The summed E-state index contributed by atoms with van der Waals surface area (Å²) in [5.74, 6) is 2.28. The van der Waals surface area contributed by atoms with E-state index in [9.17, 15) is 0 Å². The summed E-state index contributed by atoms with van der Waals surface area (Å²) >= 11 is 0. The lowest BCUT2D eigenvalue weighted by molar-refractivity contribution is 0.413. The Labute approximate surface area is 114 Å². The van der Waals surface area contributed by atoms with Crippen molar-refractivity contribution in [1.82, 2.24) is 4.98 Å². The van der Waals surface area contributed by atoms with E-state index in [1.807, 2.05) is 24.3 Å². The van der Waals surface area contributed by atoms with Crippen LogP contribution < -0.4 is 4.74 Å². The van der Waals surface area contributed by atoms with E-state index in [0.717, 1.165) is 5.75 Å². The summed E-state index contributed by atoms with van der Waals surface area (Å²) in [5, 5.41) is 0. The maximum Gasteiger partial charge on any atom is 0.219 e. The second-order valence-electron chi connectivity index (χ2n) is 5.14. The van der Waals surface area contributed by atoms with Crippen molar-refractivity contribution in [2.75, 3.05) is 0 Å². The number of benzene rings is 1. The Morgan fingerprint density at radius 2 is 1.68 bits per heavy atom. The Morgan fingerprint density at radius 1 is 0.895 bits per heavy atom. The van der Waals surface area contributed by atoms with Crippen LogP contribution in [0, 0.1) is 0 Å². The van der Waals surface area contributed by atoms with Gasteiger partial charge in [-0.15, -0.1) is 0 Å². The summed E-state index contributed by atoms with van der Waals surface area (Å²) < 4.78 is 5.95. The minimum atomic E-state index is 0.647. The molecule has 2 aromatic rings. The van der Waals surface area contributed by atoms with Crippen LogP contribution >= 0.6 is 0 Å². The smallest absolute Gasteiger partial charge is 0.219 e. The minimum Gasteiger partial charge on any atom is -0.439 e. The molecule has 1 aromatic heterocycles. The third-order valence-corrected chi connectivity index (χ3v) is 3.82. The third-order valence-electron chi connectivity index (χ3n) is 3.82. The van der Waals surface area contributed by atoms with Crippen LogP contribution in [-0.4, -0.2) is 4.98 Å². The Balaban J connectivity index is 1.84. The van der Waals surface area contributed by atoms with Gasteiger partial charge in [0, 0.05) is 12.3 Å². The van der Waals surface area contributed by atoms with Crippen molar-refractivity contribution in [3.05, 3.63) is 54.2 Å². The van der Waals surface area contributed by atoms with Crippen LogP contribution in [0.1, 0.15) is 43.6 Å². The molecule has 0 atom stereocenters. The average Bonchev–Trinajstić information content (AvgIpc) is 2.50. The number of rotatable bonds is 3. The van der Waals surface area contributed by atoms with Crippen molar-refractivity contribution in [3.8, 4) is 11.6 Å². The lowest BCUT2D eigenvalue weighted by atomic mass is 9.84. The second-order valence-corrected chi connectivity index (χ2v) is 5.14. The van der Waals surface area contributed by atoms with E-state index in [-0.39, 0.29) is 0 Å². The molecule has 19 heavy (non-hydrogen) atoms. The van der Waals surface area contributed by atoms with Crippen LogP contribution in [0.5, 0.6) is 11.6 Å². The van der Waals surface area contributed by atoms with Gasteiger partial charge < -0.3 is 4.74 Å². The molecule has 98 valence electrons. The Kier molecular flexibility index (Phi) is 3.78. The Hall–Kier alpha value is -1.83. The van der Waals surface area contributed by atoms with E-state index < -0.39 is 0 Å². The highest BCUT2D eigenvalue weighted by molar-refractivity contribution is 5.38. The van der Waals surface area contributed by atoms with Gasteiger partial charge in [0.25, 0.3) is 0 Å². The highest BCUT2D eigenvalue weighted by atomic mass is 16.5. The quantitative estimate of drug-likeness (QED) is 0.774. The van der Waals surface area contributed by atoms with Crippen molar-refractivity contribution in [2.45, 2.75) is 38.0 Å². The summed E-state index contributed by atoms with van der Waals surface area (Å²) in [6, 6.07) is 14.1. The molecule has 1 saturated carbocycles. The van der Waals surface area contributed by atoms with Gasteiger partial charge in [-0.05, 0) is 36.5 Å². The van der Waals surface area contributed by atoms with E-state index in [4.69, 9.17) is 4.74 Å². The first-order chi connectivity index (χ1) is 9.43. The van der Waals surface area contributed by atoms with Crippen LogP contribution in [0.3, 0.4) is 0 Å². The normalized spacial score (nSPS) is 16.2. The number of hydrogen-bond donors (Lipinski definition) is 0. The van der Waals surface area contributed by atoms with E-state index >= 15 is 0 Å². The van der Waals surface area contributed by atoms with Gasteiger partial charge in [0.15, 0.2) is 0 Å². The Bertz CT molecular complexity index is 518. The fraction of sp³-hybridized carbons (Fsp3) is 0.353. The number of ether oxygens (including phenoxy) is 1. The largest absolute Gasteiger partial charge is 0.439 e. The van der Waals surface area contributed by atoms with Gasteiger partial charge in [-0.2, -0.15) is 0 Å². The number of para-hydroxylation sites is 1. The predicted molar refractivity (Wildman–Crippen MR) is 76.6 cm³/mol. The van der Waals surface area contributed by atoms with E-state index in [1.54, 1.807) is 6.20 Å². The summed E-state index contributed by atoms with van der Waals surface area (Å²) in [6.45, 7) is 0. The summed E-state index contributed by atoms with van der Waals surface area (Å²) in [4.78, 5) is 4.24. The molecule has 2 heteroatoms. The number of aromatic nitrogens is 1. The van der Waals surface area contributed by atoms with Gasteiger partial charge in [-0.3, -0.25) is 0 Å². The third kappa shape index (κ3) is 2.95. The second kappa shape index (κ2) is 5.87. The molecular formula is C17H19NO. The molecule has 3 rings (SSSR count). The van der Waals surface area contributed by atoms with Gasteiger partial charge >= 0.3 is 0 Å². The topological polar surface area (TPSA) is 22.1 Å². The predicted octanol–water partition coefficient (Wildman–Crippen LogP) is 4.92. The molecular weight excluding hydrogens is 234 g/mol. The summed E-state index contributed by atoms with van der Waals surface area (Å²) in [5.41, 5.74) is 1.34. The molecule has 0 unspecified atom stereocenters. The number of hydrogen-bond acceptors (Lipinski definition) is 2. The molecule has 0 N–H and O–H groups in total. The fourth-order valence-electron chi connectivity index (χ4n) is 2.84. The van der Waals surface area contributed by atoms with E-state index in [2.05, 4.69) is 23.2 Å². The van der Waals surface area contributed by atoms with Crippen LogP contribution in [0.25, 0.3) is 0 Å². The highest BCUT2D eigenvalue weighted by Crippen LogP contribution is 2.38. The van der Waals surface area contributed by atoms with Gasteiger partial charge in [0.05, 0.1) is 0 Å². The zero-order valence-corrected chi connectivity index (χ0v) is 11.1. The molecule has 0 saturated heterocycles. The van der Waals surface area contributed by atoms with E-state index in [1.165, 1.54) is 37.7 Å². The molecule has 0 bridgehead atoms. The molecule has 1 aliphatic rings. The maximum absolute atomic E-state index is 5.95. The van der Waals surface area contributed by atoms with Crippen LogP contribution in [0.2, 0.25) is 0 Å². The molecule has 1 fully saturated rings. The van der Waals surface area contributed by atoms with Gasteiger partial charge in [-0.1, -0.05) is 43.5 Å². The van der Waals surface area contributed by atoms with E-state index in [0.29, 0.717) is 11.8 Å². The molecule has 1 aliphatic carbocycles. The van der Waals surface area contributed by atoms with Gasteiger partial charge in [-0.25, -0.2) is 4.98 Å². The molecule has 0 aliphatic heterocycles. The van der Waals surface area contributed by atoms with Crippen LogP contribution in [-0.2, 0) is 0 Å². The van der Waals surface area contributed by atoms with Crippen LogP contribution in [0.15, 0.2) is 48.7 Å². The number of pyridine rings is 1. The zero-order chi connectivity index (χ0) is 12.9.